The third-order valence-electron chi connectivity index (χ3n) is 3.18. The topological polar surface area (TPSA) is 3.24 Å². The Labute approximate surface area is 110 Å². The highest BCUT2D eigenvalue weighted by atomic mass is 15.1. The van der Waals surface area contributed by atoms with E-state index in [1.807, 2.05) is 0 Å². The van der Waals surface area contributed by atoms with Gasteiger partial charge < -0.3 is 4.90 Å². The van der Waals surface area contributed by atoms with E-state index in [4.69, 9.17) is 0 Å². The van der Waals surface area contributed by atoms with E-state index in [-0.39, 0.29) is 0 Å². The van der Waals surface area contributed by atoms with Crippen molar-refractivity contribution in [2.45, 2.75) is 74.1 Å². The average molecular weight is 241 g/mol. The van der Waals surface area contributed by atoms with Crippen LogP contribution in [0.4, 0.5) is 0 Å². The summed E-state index contributed by atoms with van der Waals surface area (Å²) in [5, 5.41) is 0. The summed E-state index contributed by atoms with van der Waals surface area (Å²) >= 11 is 0. The van der Waals surface area contributed by atoms with Gasteiger partial charge in [-0.15, -0.1) is 0 Å². The second kappa shape index (κ2) is 7.41. The third-order valence-corrected chi connectivity index (χ3v) is 3.18. The standard InChI is InChI=1S/C16H35N/c1-8-9-12-17(13-10-15(2,3)4)14-11-16(5,6)7/h8-14H2,1-7H3. The van der Waals surface area contributed by atoms with E-state index in [1.165, 1.54) is 45.3 Å². The summed E-state index contributed by atoms with van der Waals surface area (Å²) in [4.78, 5) is 2.67. The molecule has 0 N–H and O–H groups in total. The molecule has 0 radical (unpaired) electrons. The Balaban J connectivity index is 4.05. The van der Waals surface area contributed by atoms with Gasteiger partial charge in [0.25, 0.3) is 0 Å². The molecule has 0 fully saturated rings. The summed E-state index contributed by atoms with van der Waals surface area (Å²) in [5.74, 6) is 0. The van der Waals surface area contributed by atoms with Crippen LogP contribution in [0.25, 0.3) is 0 Å². The SMILES string of the molecule is CCCCN(CCC(C)(C)C)CCC(C)(C)C. The average Bonchev–Trinajstić information content (AvgIpc) is 2.13. The van der Waals surface area contributed by atoms with Crippen LogP contribution in [0.5, 0.6) is 0 Å². The van der Waals surface area contributed by atoms with E-state index < -0.39 is 0 Å². The van der Waals surface area contributed by atoms with Gasteiger partial charge in [-0.25, -0.2) is 0 Å². The first-order chi connectivity index (χ1) is 7.64. The first-order valence-electron chi connectivity index (χ1n) is 7.36. The minimum absolute atomic E-state index is 0.464. The lowest BCUT2D eigenvalue weighted by Crippen LogP contribution is -2.31. The maximum atomic E-state index is 2.67. The lowest BCUT2D eigenvalue weighted by Gasteiger charge is -2.29. The molecule has 104 valence electrons. The maximum absolute atomic E-state index is 2.67. The number of rotatable bonds is 7. The number of hydrogen-bond acceptors (Lipinski definition) is 1. The van der Waals surface area contributed by atoms with Crippen LogP contribution in [0.2, 0.25) is 0 Å². The molecular formula is C16H35N. The van der Waals surface area contributed by atoms with Gasteiger partial charge in [0.05, 0.1) is 0 Å². The monoisotopic (exact) mass is 241 g/mol. The second-order valence-corrected chi connectivity index (χ2v) is 7.82. The molecule has 0 rings (SSSR count). The van der Waals surface area contributed by atoms with Crippen molar-refractivity contribution < 1.29 is 0 Å². The van der Waals surface area contributed by atoms with Gasteiger partial charge in [0.1, 0.15) is 0 Å². The van der Waals surface area contributed by atoms with Crippen LogP contribution in [0.1, 0.15) is 74.1 Å². The summed E-state index contributed by atoms with van der Waals surface area (Å²) in [6.45, 7) is 20.1. The van der Waals surface area contributed by atoms with Crippen molar-refractivity contribution in [3.05, 3.63) is 0 Å². The predicted octanol–water partition coefficient (Wildman–Crippen LogP) is 4.96. The van der Waals surface area contributed by atoms with Crippen molar-refractivity contribution in [2.24, 2.45) is 10.8 Å². The lowest BCUT2D eigenvalue weighted by atomic mass is 9.90. The first-order valence-corrected chi connectivity index (χ1v) is 7.36. The number of hydrogen-bond donors (Lipinski definition) is 0. The van der Waals surface area contributed by atoms with Gasteiger partial charge in [-0.1, -0.05) is 54.9 Å². The second-order valence-electron chi connectivity index (χ2n) is 7.82. The molecule has 0 aliphatic heterocycles. The molecule has 0 amide bonds. The zero-order valence-electron chi connectivity index (χ0n) is 13.4. The molecule has 17 heavy (non-hydrogen) atoms. The predicted molar refractivity (Wildman–Crippen MR) is 79.5 cm³/mol. The molecule has 1 heteroatoms. The van der Waals surface area contributed by atoms with Crippen molar-refractivity contribution in [1.82, 2.24) is 4.90 Å². The minimum atomic E-state index is 0.464. The molecule has 0 saturated heterocycles. The Hall–Kier alpha value is -0.0400. The molecule has 0 aromatic carbocycles. The van der Waals surface area contributed by atoms with Gasteiger partial charge in [0.2, 0.25) is 0 Å². The normalized spacial score (nSPS) is 13.4. The first kappa shape index (κ1) is 17.0. The van der Waals surface area contributed by atoms with Gasteiger partial charge in [0, 0.05) is 0 Å². The fourth-order valence-electron chi connectivity index (χ4n) is 1.70. The maximum Gasteiger partial charge on any atom is -0.00137 e. The number of unbranched alkanes of at least 4 members (excludes halogenated alkanes) is 1. The molecule has 0 unspecified atom stereocenters. The fourth-order valence-corrected chi connectivity index (χ4v) is 1.70. The highest BCUT2D eigenvalue weighted by Crippen LogP contribution is 2.22. The Morgan fingerprint density at radius 1 is 0.706 bits per heavy atom. The van der Waals surface area contributed by atoms with E-state index in [9.17, 15) is 0 Å². The van der Waals surface area contributed by atoms with E-state index in [0.717, 1.165) is 0 Å². The van der Waals surface area contributed by atoms with Crippen LogP contribution in [0.15, 0.2) is 0 Å². The molecule has 0 heterocycles. The smallest absolute Gasteiger partial charge is 0.00137 e. The van der Waals surface area contributed by atoms with Crippen LogP contribution in [-0.4, -0.2) is 24.5 Å². The molecule has 0 atom stereocenters. The van der Waals surface area contributed by atoms with Crippen molar-refractivity contribution in [2.75, 3.05) is 19.6 Å². The van der Waals surface area contributed by atoms with Crippen molar-refractivity contribution in [1.29, 1.82) is 0 Å². The fraction of sp³-hybridized carbons (Fsp3) is 1.00. The van der Waals surface area contributed by atoms with Gasteiger partial charge in [-0.05, 0) is 49.7 Å². The van der Waals surface area contributed by atoms with Crippen LogP contribution < -0.4 is 0 Å². The largest absolute Gasteiger partial charge is 0.303 e. The molecular weight excluding hydrogens is 206 g/mol. The van der Waals surface area contributed by atoms with E-state index >= 15 is 0 Å². The zero-order chi connectivity index (χ0) is 13.5. The van der Waals surface area contributed by atoms with Crippen LogP contribution >= 0.6 is 0 Å². The van der Waals surface area contributed by atoms with Gasteiger partial charge in [-0.3, -0.25) is 0 Å². The highest BCUT2D eigenvalue weighted by Gasteiger charge is 2.16. The molecule has 0 spiro atoms. The van der Waals surface area contributed by atoms with E-state index in [1.54, 1.807) is 0 Å². The van der Waals surface area contributed by atoms with Crippen molar-refractivity contribution >= 4 is 0 Å². The van der Waals surface area contributed by atoms with Crippen LogP contribution in [0, 0.1) is 10.8 Å². The Morgan fingerprint density at radius 2 is 1.12 bits per heavy atom. The Bertz CT molecular complexity index is 165. The Kier molecular flexibility index (Phi) is 7.39. The summed E-state index contributed by atoms with van der Waals surface area (Å²) in [5.41, 5.74) is 0.929. The van der Waals surface area contributed by atoms with Gasteiger partial charge in [-0.2, -0.15) is 0 Å². The highest BCUT2D eigenvalue weighted by molar-refractivity contribution is 4.69. The molecule has 0 aliphatic rings. The third kappa shape index (κ3) is 12.2. The van der Waals surface area contributed by atoms with E-state index in [2.05, 4.69) is 53.4 Å². The summed E-state index contributed by atoms with van der Waals surface area (Å²) in [6, 6.07) is 0. The molecule has 0 aromatic rings. The number of nitrogens with zero attached hydrogens (tertiary/aromatic N) is 1. The molecule has 0 saturated carbocycles. The summed E-state index contributed by atoms with van der Waals surface area (Å²) < 4.78 is 0. The Morgan fingerprint density at radius 3 is 1.41 bits per heavy atom. The molecule has 1 nitrogen and oxygen atoms in total. The minimum Gasteiger partial charge on any atom is -0.303 e. The van der Waals surface area contributed by atoms with Crippen molar-refractivity contribution in [3.63, 3.8) is 0 Å². The summed E-state index contributed by atoms with van der Waals surface area (Å²) in [6.07, 6.45) is 5.26. The van der Waals surface area contributed by atoms with Crippen molar-refractivity contribution in [3.8, 4) is 0 Å². The zero-order valence-corrected chi connectivity index (χ0v) is 13.4. The van der Waals surface area contributed by atoms with Crippen LogP contribution in [-0.2, 0) is 0 Å². The van der Waals surface area contributed by atoms with Crippen LogP contribution in [0.3, 0.4) is 0 Å². The van der Waals surface area contributed by atoms with Gasteiger partial charge >= 0.3 is 0 Å². The quantitative estimate of drug-likeness (QED) is 0.609. The molecule has 0 bridgehead atoms. The lowest BCUT2D eigenvalue weighted by molar-refractivity contribution is 0.197. The molecule has 0 aromatic heterocycles. The molecule has 0 aliphatic carbocycles. The van der Waals surface area contributed by atoms with Gasteiger partial charge in [0.15, 0.2) is 0 Å². The van der Waals surface area contributed by atoms with E-state index in [0.29, 0.717) is 10.8 Å². The summed E-state index contributed by atoms with van der Waals surface area (Å²) in [7, 11) is 0.